The number of rotatable bonds is 5. The Morgan fingerprint density at radius 1 is 1.36 bits per heavy atom. The third-order valence-electron chi connectivity index (χ3n) is 4.56. The molecule has 3 rings (SSSR count). The second-order valence-corrected chi connectivity index (χ2v) is 6.30. The van der Waals surface area contributed by atoms with Crippen LogP contribution in [-0.2, 0) is 4.79 Å². The highest BCUT2D eigenvalue weighted by atomic mass is 19.1. The molecule has 0 radical (unpaired) electrons. The monoisotopic (exact) mass is 306 g/mol. The Bertz CT molecular complexity index is 537. The van der Waals surface area contributed by atoms with E-state index in [1.165, 1.54) is 25.0 Å². The molecule has 4 nitrogen and oxygen atoms in total. The maximum Gasteiger partial charge on any atom is 0.224 e. The molecule has 2 bridgehead atoms. The maximum absolute atomic E-state index is 13.3. The highest BCUT2D eigenvalue weighted by Crippen LogP contribution is 2.33. The normalized spacial score (nSPS) is 26.7. The number of hydrogen-bond donors (Lipinski definition) is 2. The molecule has 0 spiro atoms. The second kappa shape index (κ2) is 6.65. The van der Waals surface area contributed by atoms with Crippen molar-refractivity contribution in [3.63, 3.8) is 0 Å². The van der Waals surface area contributed by atoms with Crippen molar-refractivity contribution < 1.29 is 13.9 Å². The van der Waals surface area contributed by atoms with Gasteiger partial charge in [0, 0.05) is 24.6 Å². The first-order chi connectivity index (χ1) is 10.6. The van der Waals surface area contributed by atoms with Crippen molar-refractivity contribution in [2.45, 2.75) is 51.1 Å². The van der Waals surface area contributed by atoms with Crippen LogP contribution in [0.1, 0.15) is 39.0 Å². The second-order valence-electron chi connectivity index (χ2n) is 6.30. The zero-order chi connectivity index (χ0) is 15.5. The molecule has 5 heteroatoms. The highest BCUT2D eigenvalue weighted by molar-refractivity contribution is 5.92. The van der Waals surface area contributed by atoms with Crippen molar-refractivity contribution in [1.82, 2.24) is 5.32 Å². The first-order valence-electron chi connectivity index (χ1n) is 8.12. The Labute approximate surface area is 130 Å². The molecule has 0 saturated carbocycles. The predicted octanol–water partition coefficient (Wildman–Crippen LogP) is 3.08. The average molecular weight is 306 g/mol. The minimum absolute atomic E-state index is 0.0149. The number of anilines is 1. The Kier molecular flexibility index (Phi) is 4.62. The number of amides is 1. The maximum atomic E-state index is 13.3. The van der Waals surface area contributed by atoms with E-state index >= 15 is 0 Å². The number of fused-ring (bicyclic) bond motifs is 2. The number of carbonyl (C=O) groups excluding carboxylic acids is 1. The topological polar surface area (TPSA) is 50.4 Å². The summed E-state index contributed by atoms with van der Waals surface area (Å²) in [6.45, 7) is 2.27. The molecule has 2 unspecified atom stereocenters. The number of piperidine rings is 1. The lowest BCUT2D eigenvalue weighted by atomic mass is 9.89. The summed E-state index contributed by atoms with van der Waals surface area (Å²) < 4.78 is 18.7. The van der Waals surface area contributed by atoms with Crippen molar-refractivity contribution >= 4 is 11.6 Å². The van der Waals surface area contributed by atoms with Gasteiger partial charge in [-0.3, -0.25) is 4.79 Å². The molecular formula is C17H23FN2O2. The van der Waals surface area contributed by atoms with Crippen LogP contribution in [-0.4, -0.2) is 24.6 Å². The summed E-state index contributed by atoms with van der Waals surface area (Å²) >= 11 is 0. The van der Waals surface area contributed by atoms with Crippen LogP contribution >= 0.6 is 0 Å². The molecule has 0 aromatic heterocycles. The lowest BCUT2D eigenvalue weighted by Crippen LogP contribution is -2.39. The summed E-state index contributed by atoms with van der Waals surface area (Å²) in [4.78, 5) is 12.3. The fourth-order valence-electron chi connectivity index (χ4n) is 3.68. The van der Waals surface area contributed by atoms with Crippen molar-refractivity contribution in [1.29, 1.82) is 0 Å². The molecule has 0 aliphatic carbocycles. The Morgan fingerprint density at radius 3 is 2.77 bits per heavy atom. The molecule has 2 saturated heterocycles. The van der Waals surface area contributed by atoms with Gasteiger partial charge in [-0.25, -0.2) is 4.39 Å². The summed E-state index contributed by atoms with van der Waals surface area (Å²) in [6, 6.07) is 5.37. The van der Waals surface area contributed by atoms with Crippen LogP contribution in [0.15, 0.2) is 18.2 Å². The van der Waals surface area contributed by atoms with E-state index < -0.39 is 0 Å². The molecular weight excluding hydrogens is 283 g/mol. The molecule has 2 aliphatic heterocycles. The van der Waals surface area contributed by atoms with E-state index in [0.717, 1.165) is 12.8 Å². The van der Waals surface area contributed by atoms with Crippen LogP contribution in [0.2, 0.25) is 0 Å². The molecule has 2 atom stereocenters. The lowest BCUT2D eigenvalue weighted by molar-refractivity contribution is -0.117. The van der Waals surface area contributed by atoms with Gasteiger partial charge in [-0.2, -0.15) is 0 Å². The van der Waals surface area contributed by atoms with E-state index in [1.807, 2.05) is 6.92 Å². The molecule has 22 heavy (non-hydrogen) atoms. The van der Waals surface area contributed by atoms with E-state index in [4.69, 9.17) is 4.74 Å². The Balaban J connectivity index is 1.59. The van der Waals surface area contributed by atoms with Crippen LogP contribution in [0.3, 0.4) is 0 Å². The molecule has 2 N–H and O–H groups in total. The van der Waals surface area contributed by atoms with E-state index in [-0.39, 0.29) is 11.7 Å². The summed E-state index contributed by atoms with van der Waals surface area (Å²) in [6.07, 6.45) is 5.14. The summed E-state index contributed by atoms with van der Waals surface area (Å²) in [5, 5.41) is 6.45. The molecule has 2 aliphatic rings. The van der Waals surface area contributed by atoms with Gasteiger partial charge in [0.15, 0.2) is 0 Å². The summed E-state index contributed by atoms with van der Waals surface area (Å²) in [5.74, 6) is 0.450. The number of ether oxygens (including phenoxy) is 1. The van der Waals surface area contributed by atoms with Crippen LogP contribution in [0.25, 0.3) is 0 Å². The van der Waals surface area contributed by atoms with E-state index in [0.29, 0.717) is 42.5 Å². The van der Waals surface area contributed by atoms with Crippen LogP contribution in [0, 0.1) is 11.7 Å². The van der Waals surface area contributed by atoms with Gasteiger partial charge in [-0.1, -0.05) is 0 Å². The van der Waals surface area contributed by atoms with Crippen LogP contribution < -0.4 is 15.4 Å². The smallest absolute Gasteiger partial charge is 0.224 e. The van der Waals surface area contributed by atoms with Gasteiger partial charge in [0.05, 0.1) is 12.3 Å². The number of hydrogen-bond acceptors (Lipinski definition) is 3. The van der Waals surface area contributed by atoms with Gasteiger partial charge in [0.2, 0.25) is 5.91 Å². The van der Waals surface area contributed by atoms with Gasteiger partial charge in [-0.05, 0) is 50.7 Å². The third kappa shape index (κ3) is 3.58. The molecule has 1 aromatic rings. The summed E-state index contributed by atoms with van der Waals surface area (Å²) in [7, 11) is 0. The van der Waals surface area contributed by atoms with Crippen molar-refractivity contribution in [3.05, 3.63) is 24.0 Å². The van der Waals surface area contributed by atoms with E-state index in [1.54, 1.807) is 6.07 Å². The lowest BCUT2D eigenvalue weighted by Gasteiger charge is -2.28. The van der Waals surface area contributed by atoms with Gasteiger partial charge in [0.25, 0.3) is 0 Å². The van der Waals surface area contributed by atoms with E-state index in [9.17, 15) is 9.18 Å². The number of benzene rings is 1. The zero-order valence-corrected chi connectivity index (χ0v) is 12.9. The quantitative estimate of drug-likeness (QED) is 0.879. The first-order valence-corrected chi connectivity index (χ1v) is 8.12. The molecule has 2 fully saturated rings. The predicted molar refractivity (Wildman–Crippen MR) is 83.5 cm³/mol. The number of nitrogens with one attached hydrogen (secondary N) is 2. The minimum Gasteiger partial charge on any atom is -0.492 e. The SMILES string of the molecule is CCOc1cc(F)ccc1NC(=O)CC1CC2CCC(C1)N2. The van der Waals surface area contributed by atoms with Gasteiger partial charge >= 0.3 is 0 Å². The van der Waals surface area contributed by atoms with Gasteiger partial charge < -0.3 is 15.4 Å². The fourth-order valence-corrected chi connectivity index (χ4v) is 3.68. The molecule has 120 valence electrons. The van der Waals surface area contributed by atoms with Crippen molar-refractivity contribution in [2.75, 3.05) is 11.9 Å². The standard InChI is InChI=1S/C17H23FN2O2/c1-2-22-16-10-12(18)3-6-15(16)20-17(21)9-11-7-13-4-5-14(8-11)19-13/h3,6,10-11,13-14,19H,2,4-5,7-9H2,1H3,(H,20,21). The zero-order valence-electron chi connectivity index (χ0n) is 12.9. The van der Waals surface area contributed by atoms with Crippen molar-refractivity contribution in [2.24, 2.45) is 5.92 Å². The largest absolute Gasteiger partial charge is 0.492 e. The molecule has 1 amide bonds. The fraction of sp³-hybridized carbons (Fsp3) is 0.588. The summed E-state index contributed by atoms with van der Waals surface area (Å²) in [5.41, 5.74) is 0.546. The van der Waals surface area contributed by atoms with E-state index in [2.05, 4.69) is 10.6 Å². The minimum atomic E-state index is -0.364. The van der Waals surface area contributed by atoms with Crippen molar-refractivity contribution in [3.8, 4) is 5.75 Å². The van der Waals surface area contributed by atoms with Gasteiger partial charge in [-0.15, -0.1) is 0 Å². The van der Waals surface area contributed by atoms with Gasteiger partial charge in [0.1, 0.15) is 11.6 Å². The molecule has 1 aromatic carbocycles. The Hall–Kier alpha value is -1.62. The highest BCUT2D eigenvalue weighted by Gasteiger charge is 2.34. The first kappa shape index (κ1) is 15.3. The molecule has 2 heterocycles. The number of halogens is 1. The third-order valence-corrected chi connectivity index (χ3v) is 4.56. The van der Waals surface area contributed by atoms with Crippen LogP contribution in [0.5, 0.6) is 5.75 Å². The van der Waals surface area contributed by atoms with Crippen LogP contribution in [0.4, 0.5) is 10.1 Å². The number of carbonyl (C=O) groups is 1. The Morgan fingerprint density at radius 2 is 2.09 bits per heavy atom. The average Bonchev–Trinajstić information content (AvgIpc) is 2.81.